The largest absolute Gasteiger partial charge is 0.361 e. The highest BCUT2D eigenvalue weighted by molar-refractivity contribution is 7.10. The summed E-state index contributed by atoms with van der Waals surface area (Å²) in [5, 5.41) is 6.56. The third-order valence-electron chi connectivity index (χ3n) is 5.34. The minimum absolute atomic E-state index is 0.198. The first kappa shape index (κ1) is 16.4. The van der Waals surface area contributed by atoms with Gasteiger partial charge in [0.2, 0.25) is 5.91 Å². The maximum atomic E-state index is 12.4. The molecule has 3 nitrogen and oxygen atoms in total. The van der Waals surface area contributed by atoms with Gasteiger partial charge in [-0.15, -0.1) is 11.3 Å². The number of hydrogen-bond acceptors (Lipinski definition) is 2. The van der Waals surface area contributed by atoms with Gasteiger partial charge in [0.1, 0.15) is 0 Å². The van der Waals surface area contributed by atoms with Crippen molar-refractivity contribution in [3.63, 3.8) is 0 Å². The Hall–Kier alpha value is -2.07. The summed E-state index contributed by atoms with van der Waals surface area (Å²) in [4.78, 5) is 17.1. The average Bonchev–Trinajstić information content (AvgIpc) is 3.37. The van der Waals surface area contributed by atoms with Crippen molar-refractivity contribution in [3.8, 4) is 0 Å². The molecule has 1 amide bonds. The minimum Gasteiger partial charge on any atom is -0.361 e. The van der Waals surface area contributed by atoms with Gasteiger partial charge in [0.25, 0.3) is 0 Å². The van der Waals surface area contributed by atoms with Crippen LogP contribution in [-0.4, -0.2) is 17.4 Å². The molecule has 130 valence electrons. The molecule has 3 aromatic rings. The average molecular weight is 353 g/mol. The van der Waals surface area contributed by atoms with Crippen molar-refractivity contribution in [2.45, 2.75) is 38.0 Å². The summed E-state index contributed by atoms with van der Waals surface area (Å²) < 4.78 is 0. The SMILES string of the molecule is O=C(CC1CCCC1)NC[C@@H](c1cccs1)c1c[nH]c2ccccc12. The number of aromatic nitrogens is 1. The maximum Gasteiger partial charge on any atom is 0.220 e. The molecule has 4 rings (SSSR count). The van der Waals surface area contributed by atoms with Gasteiger partial charge < -0.3 is 10.3 Å². The number of benzene rings is 1. The molecule has 1 aliphatic carbocycles. The van der Waals surface area contributed by atoms with E-state index in [0.29, 0.717) is 18.9 Å². The number of hydrogen-bond donors (Lipinski definition) is 2. The zero-order chi connectivity index (χ0) is 17.1. The van der Waals surface area contributed by atoms with Gasteiger partial charge in [0.15, 0.2) is 0 Å². The Morgan fingerprint density at radius 3 is 2.84 bits per heavy atom. The zero-order valence-corrected chi connectivity index (χ0v) is 15.1. The second-order valence-corrected chi connectivity index (χ2v) is 8.00. The molecular formula is C21H24N2OS. The van der Waals surface area contributed by atoms with Crippen molar-refractivity contribution < 1.29 is 4.79 Å². The number of aromatic amines is 1. The van der Waals surface area contributed by atoms with Gasteiger partial charge in [-0.1, -0.05) is 37.1 Å². The van der Waals surface area contributed by atoms with Gasteiger partial charge in [0, 0.05) is 40.9 Å². The lowest BCUT2D eigenvalue weighted by Crippen LogP contribution is -2.29. The number of fused-ring (bicyclic) bond motifs is 1. The summed E-state index contributed by atoms with van der Waals surface area (Å²) in [7, 11) is 0. The fourth-order valence-electron chi connectivity index (χ4n) is 4.00. The van der Waals surface area contributed by atoms with Crippen LogP contribution in [0.1, 0.15) is 48.5 Å². The van der Waals surface area contributed by atoms with Crippen molar-refractivity contribution >= 4 is 28.1 Å². The van der Waals surface area contributed by atoms with Gasteiger partial charge in [-0.2, -0.15) is 0 Å². The third-order valence-corrected chi connectivity index (χ3v) is 6.32. The van der Waals surface area contributed by atoms with Crippen LogP contribution in [0.25, 0.3) is 10.9 Å². The summed E-state index contributed by atoms with van der Waals surface area (Å²) in [5.41, 5.74) is 2.41. The van der Waals surface area contributed by atoms with E-state index in [1.54, 1.807) is 11.3 Å². The number of H-pyrrole nitrogens is 1. The van der Waals surface area contributed by atoms with E-state index in [9.17, 15) is 4.79 Å². The predicted octanol–water partition coefficient (Wildman–Crippen LogP) is 5.06. The first-order valence-corrected chi connectivity index (χ1v) is 10.1. The standard InChI is InChI=1S/C21H24N2OS/c24-21(12-15-6-1-2-7-15)23-14-18(20-10-5-11-25-20)17-13-22-19-9-4-3-8-16(17)19/h3-5,8-11,13,15,18,22H,1-2,6-7,12,14H2,(H,23,24)/t18-/m1/s1. The molecule has 0 radical (unpaired) electrons. The highest BCUT2D eigenvalue weighted by atomic mass is 32.1. The Kier molecular flexibility index (Phi) is 4.88. The second kappa shape index (κ2) is 7.44. The number of carbonyl (C=O) groups is 1. The Morgan fingerprint density at radius 1 is 1.20 bits per heavy atom. The Labute approximate surface area is 152 Å². The molecule has 2 heterocycles. The van der Waals surface area contributed by atoms with E-state index >= 15 is 0 Å². The van der Waals surface area contributed by atoms with Crippen LogP contribution >= 0.6 is 11.3 Å². The van der Waals surface area contributed by atoms with E-state index in [4.69, 9.17) is 0 Å². The molecule has 0 bridgehead atoms. The van der Waals surface area contributed by atoms with Gasteiger partial charge in [-0.3, -0.25) is 4.79 Å². The van der Waals surface area contributed by atoms with Crippen molar-refractivity contribution in [1.82, 2.24) is 10.3 Å². The topological polar surface area (TPSA) is 44.9 Å². The lowest BCUT2D eigenvalue weighted by atomic mass is 9.96. The van der Waals surface area contributed by atoms with Crippen molar-refractivity contribution in [1.29, 1.82) is 0 Å². The Morgan fingerprint density at radius 2 is 2.04 bits per heavy atom. The molecule has 0 spiro atoms. The molecule has 4 heteroatoms. The predicted molar refractivity (Wildman–Crippen MR) is 104 cm³/mol. The van der Waals surface area contributed by atoms with Crippen LogP contribution in [-0.2, 0) is 4.79 Å². The lowest BCUT2D eigenvalue weighted by molar-refractivity contribution is -0.122. The molecule has 1 fully saturated rings. The molecule has 1 aromatic carbocycles. The van der Waals surface area contributed by atoms with E-state index in [0.717, 1.165) is 5.52 Å². The van der Waals surface area contributed by atoms with Crippen LogP contribution in [0.15, 0.2) is 48.0 Å². The number of nitrogens with one attached hydrogen (secondary N) is 2. The van der Waals surface area contributed by atoms with Gasteiger partial charge in [-0.05, 0) is 41.8 Å². The molecular weight excluding hydrogens is 328 g/mol. The van der Waals surface area contributed by atoms with Crippen LogP contribution in [0.4, 0.5) is 0 Å². The summed E-state index contributed by atoms with van der Waals surface area (Å²) >= 11 is 1.76. The molecule has 1 aliphatic rings. The quantitative estimate of drug-likeness (QED) is 0.640. The van der Waals surface area contributed by atoms with Crippen molar-refractivity contribution in [3.05, 3.63) is 58.4 Å². The summed E-state index contributed by atoms with van der Waals surface area (Å²) in [6.45, 7) is 0.661. The van der Waals surface area contributed by atoms with Crippen LogP contribution in [0.5, 0.6) is 0 Å². The molecule has 2 aromatic heterocycles. The van der Waals surface area contributed by atoms with E-state index in [2.05, 4.69) is 52.2 Å². The number of thiophene rings is 1. The molecule has 0 unspecified atom stereocenters. The highest BCUT2D eigenvalue weighted by Crippen LogP contribution is 2.33. The number of carbonyl (C=O) groups excluding carboxylic acids is 1. The van der Waals surface area contributed by atoms with Crippen molar-refractivity contribution in [2.75, 3.05) is 6.54 Å². The first-order valence-electron chi connectivity index (χ1n) is 9.17. The van der Waals surface area contributed by atoms with Gasteiger partial charge in [0.05, 0.1) is 0 Å². The Bertz CT molecular complexity index is 831. The molecule has 25 heavy (non-hydrogen) atoms. The lowest BCUT2D eigenvalue weighted by Gasteiger charge is -2.17. The van der Waals surface area contributed by atoms with Crippen molar-refractivity contribution in [2.24, 2.45) is 5.92 Å². The van der Waals surface area contributed by atoms with Crippen LogP contribution in [0, 0.1) is 5.92 Å². The smallest absolute Gasteiger partial charge is 0.220 e. The van der Waals surface area contributed by atoms with E-state index in [-0.39, 0.29) is 11.8 Å². The highest BCUT2D eigenvalue weighted by Gasteiger charge is 2.22. The fourth-order valence-corrected chi connectivity index (χ4v) is 4.85. The van der Waals surface area contributed by atoms with Gasteiger partial charge >= 0.3 is 0 Å². The van der Waals surface area contributed by atoms with Crippen LogP contribution in [0.3, 0.4) is 0 Å². The fraction of sp³-hybridized carbons (Fsp3) is 0.381. The van der Waals surface area contributed by atoms with E-state index in [1.165, 1.54) is 41.5 Å². The van der Waals surface area contributed by atoms with E-state index in [1.807, 2.05) is 6.07 Å². The van der Waals surface area contributed by atoms with Crippen LogP contribution in [0.2, 0.25) is 0 Å². The zero-order valence-electron chi connectivity index (χ0n) is 14.3. The van der Waals surface area contributed by atoms with Gasteiger partial charge in [-0.25, -0.2) is 0 Å². The first-order chi connectivity index (χ1) is 12.3. The minimum atomic E-state index is 0.198. The number of amides is 1. The number of para-hydroxylation sites is 1. The molecule has 1 atom stereocenters. The molecule has 2 N–H and O–H groups in total. The summed E-state index contributed by atoms with van der Waals surface area (Å²) in [6, 6.07) is 12.6. The number of rotatable bonds is 6. The molecule has 0 aliphatic heterocycles. The normalized spacial score (nSPS) is 16.3. The second-order valence-electron chi connectivity index (χ2n) is 7.02. The summed E-state index contributed by atoms with van der Waals surface area (Å²) in [5.74, 6) is 0.991. The molecule has 0 saturated heterocycles. The van der Waals surface area contributed by atoms with Crippen LogP contribution < -0.4 is 5.32 Å². The third kappa shape index (κ3) is 3.64. The van der Waals surface area contributed by atoms with E-state index < -0.39 is 0 Å². The maximum absolute atomic E-state index is 12.4. The summed E-state index contributed by atoms with van der Waals surface area (Å²) in [6.07, 6.45) is 7.77. The molecule has 1 saturated carbocycles. The Balaban J connectivity index is 1.52. The monoisotopic (exact) mass is 352 g/mol.